The highest BCUT2D eigenvalue weighted by molar-refractivity contribution is 5.94. The summed E-state index contributed by atoms with van der Waals surface area (Å²) in [5.74, 6) is 2.86. The summed E-state index contributed by atoms with van der Waals surface area (Å²) < 4.78 is 16.0. The molecule has 1 unspecified atom stereocenters. The van der Waals surface area contributed by atoms with Crippen molar-refractivity contribution in [1.82, 2.24) is 4.98 Å². The number of methoxy groups -OCH3 is 1. The van der Waals surface area contributed by atoms with Crippen molar-refractivity contribution in [2.45, 2.75) is 6.92 Å². The molecule has 2 heterocycles. The van der Waals surface area contributed by atoms with Gasteiger partial charge in [0.05, 0.1) is 6.61 Å². The molecule has 0 radical (unpaired) electrons. The van der Waals surface area contributed by atoms with Crippen molar-refractivity contribution in [3.8, 4) is 11.5 Å². The lowest BCUT2D eigenvalue weighted by Gasteiger charge is -2.13. The number of hydrogen-bond acceptors (Lipinski definition) is 5. The van der Waals surface area contributed by atoms with E-state index in [-0.39, 0.29) is 6.79 Å². The van der Waals surface area contributed by atoms with Gasteiger partial charge in [-0.05, 0) is 29.5 Å². The summed E-state index contributed by atoms with van der Waals surface area (Å²) in [4.78, 5) is 4.42. The van der Waals surface area contributed by atoms with Gasteiger partial charge in [0.2, 0.25) is 6.79 Å². The molecule has 1 atom stereocenters. The molecule has 0 aliphatic carbocycles. The fourth-order valence-corrected chi connectivity index (χ4v) is 2.32. The third-order valence-electron chi connectivity index (χ3n) is 3.33. The van der Waals surface area contributed by atoms with Crippen molar-refractivity contribution in [2.24, 2.45) is 5.92 Å². The molecule has 1 aromatic heterocycles. The molecule has 0 spiro atoms. The molecular formula is C15H18N2O3. The molecule has 0 bridgehead atoms. The Morgan fingerprint density at radius 2 is 2.15 bits per heavy atom. The maximum absolute atomic E-state index is 5.43. The van der Waals surface area contributed by atoms with Crippen LogP contribution in [0.4, 0.5) is 5.82 Å². The third-order valence-corrected chi connectivity index (χ3v) is 3.33. The number of nitrogens with one attached hydrogen (secondary N) is 1. The Morgan fingerprint density at radius 3 is 2.95 bits per heavy atom. The highest BCUT2D eigenvalue weighted by Gasteiger charge is 2.16. The van der Waals surface area contributed by atoms with E-state index in [0.717, 1.165) is 41.2 Å². The van der Waals surface area contributed by atoms with E-state index < -0.39 is 0 Å². The number of benzene rings is 1. The Balaban J connectivity index is 1.87. The van der Waals surface area contributed by atoms with E-state index >= 15 is 0 Å². The van der Waals surface area contributed by atoms with Gasteiger partial charge >= 0.3 is 0 Å². The normalized spacial score (nSPS) is 14.5. The minimum Gasteiger partial charge on any atom is -0.454 e. The van der Waals surface area contributed by atoms with Gasteiger partial charge in [-0.25, -0.2) is 4.98 Å². The first-order chi connectivity index (χ1) is 9.78. The molecule has 5 heteroatoms. The number of pyridine rings is 1. The monoisotopic (exact) mass is 274 g/mol. The highest BCUT2D eigenvalue weighted by Crippen LogP contribution is 2.37. The topological polar surface area (TPSA) is 52.6 Å². The Kier molecular flexibility index (Phi) is 3.60. The minimum atomic E-state index is 0.284. The zero-order valence-corrected chi connectivity index (χ0v) is 11.7. The predicted molar refractivity (Wildman–Crippen MR) is 77.4 cm³/mol. The van der Waals surface area contributed by atoms with Crippen LogP contribution >= 0.6 is 0 Å². The summed E-state index contributed by atoms with van der Waals surface area (Å²) in [6, 6.07) is 5.94. The van der Waals surface area contributed by atoms with E-state index in [1.54, 1.807) is 13.3 Å². The molecule has 1 aliphatic heterocycles. The Labute approximate surface area is 117 Å². The van der Waals surface area contributed by atoms with Crippen LogP contribution in [-0.2, 0) is 4.74 Å². The standard InChI is InChI=1S/C15H18N2O3/c1-10(8-18-2)7-17-15-12-6-14-13(19-9-20-14)5-11(12)3-4-16-15/h3-6,10H,7-9H2,1-2H3,(H,16,17). The number of fused-ring (bicyclic) bond motifs is 2. The molecule has 1 N–H and O–H groups in total. The van der Waals surface area contributed by atoms with Crippen molar-refractivity contribution >= 4 is 16.6 Å². The Bertz CT molecular complexity index is 615. The van der Waals surface area contributed by atoms with Crippen molar-refractivity contribution in [2.75, 3.05) is 32.4 Å². The average Bonchev–Trinajstić information content (AvgIpc) is 2.90. The molecule has 0 amide bonds. The van der Waals surface area contributed by atoms with Gasteiger partial charge in [-0.2, -0.15) is 0 Å². The first-order valence-corrected chi connectivity index (χ1v) is 6.69. The highest BCUT2D eigenvalue weighted by atomic mass is 16.7. The first kappa shape index (κ1) is 13.0. The lowest BCUT2D eigenvalue weighted by atomic mass is 10.1. The molecule has 1 aliphatic rings. The lowest BCUT2D eigenvalue weighted by molar-refractivity contribution is 0.164. The average molecular weight is 274 g/mol. The molecule has 0 saturated heterocycles. The van der Waals surface area contributed by atoms with Crippen LogP contribution in [0.2, 0.25) is 0 Å². The summed E-state index contributed by atoms with van der Waals surface area (Å²) in [5.41, 5.74) is 0. The van der Waals surface area contributed by atoms with E-state index in [0.29, 0.717) is 5.92 Å². The number of hydrogen-bond donors (Lipinski definition) is 1. The minimum absolute atomic E-state index is 0.284. The molecule has 0 saturated carbocycles. The number of rotatable bonds is 5. The van der Waals surface area contributed by atoms with Crippen LogP contribution in [0.5, 0.6) is 11.5 Å². The summed E-state index contributed by atoms with van der Waals surface area (Å²) in [6.45, 7) is 3.96. The van der Waals surface area contributed by atoms with Gasteiger partial charge in [0.25, 0.3) is 0 Å². The number of anilines is 1. The fraction of sp³-hybridized carbons (Fsp3) is 0.400. The van der Waals surface area contributed by atoms with Crippen molar-refractivity contribution in [1.29, 1.82) is 0 Å². The second-order valence-corrected chi connectivity index (χ2v) is 5.03. The second kappa shape index (κ2) is 5.54. The van der Waals surface area contributed by atoms with Crippen molar-refractivity contribution < 1.29 is 14.2 Å². The van der Waals surface area contributed by atoms with Crippen LogP contribution in [0.3, 0.4) is 0 Å². The molecule has 0 fully saturated rings. The molecule has 20 heavy (non-hydrogen) atoms. The van der Waals surface area contributed by atoms with Gasteiger partial charge in [0.15, 0.2) is 11.5 Å². The van der Waals surface area contributed by atoms with Gasteiger partial charge in [-0.3, -0.25) is 0 Å². The summed E-state index contributed by atoms with van der Waals surface area (Å²) in [7, 11) is 1.72. The lowest BCUT2D eigenvalue weighted by Crippen LogP contribution is -2.16. The van der Waals surface area contributed by atoms with E-state index in [4.69, 9.17) is 14.2 Å². The van der Waals surface area contributed by atoms with Crippen LogP contribution in [0.25, 0.3) is 10.8 Å². The van der Waals surface area contributed by atoms with E-state index in [9.17, 15) is 0 Å². The van der Waals surface area contributed by atoms with Crippen LogP contribution in [0.1, 0.15) is 6.92 Å². The van der Waals surface area contributed by atoms with Crippen LogP contribution < -0.4 is 14.8 Å². The smallest absolute Gasteiger partial charge is 0.231 e. The number of nitrogens with zero attached hydrogens (tertiary/aromatic N) is 1. The van der Waals surface area contributed by atoms with Crippen molar-refractivity contribution in [3.63, 3.8) is 0 Å². The summed E-state index contributed by atoms with van der Waals surface area (Å²) in [6.07, 6.45) is 1.80. The summed E-state index contributed by atoms with van der Waals surface area (Å²) in [5, 5.41) is 5.51. The molecule has 3 rings (SSSR count). The number of ether oxygens (including phenoxy) is 3. The van der Waals surface area contributed by atoms with Gasteiger partial charge in [-0.15, -0.1) is 0 Å². The van der Waals surface area contributed by atoms with Crippen LogP contribution in [0.15, 0.2) is 24.4 Å². The SMILES string of the molecule is COCC(C)CNc1nccc2cc3c(cc12)OCO3. The summed E-state index contributed by atoms with van der Waals surface area (Å²) >= 11 is 0. The predicted octanol–water partition coefficient (Wildman–Crippen LogP) is 2.66. The van der Waals surface area contributed by atoms with Crippen LogP contribution in [-0.4, -0.2) is 32.0 Å². The third kappa shape index (κ3) is 2.49. The van der Waals surface area contributed by atoms with E-state index in [1.165, 1.54) is 0 Å². The van der Waals surface area contributed by atoms with Gasteiger partial charge < -0.3 is 19.5 Å². The molecule has 106 valence electrons. The fourth-order valence-electron chi connectivity index (χ4n) is 2.32. The Hall–Kier alpha value is -2.01. The zero-order valence-electron chi connectivity index (χ0n) is 11.7. The zero-order chi connectivity index (χ0) is 13.9. The first-order valence-electron chi connectivity index (χ1n) is 6.69. The Morgan fingerprint density at radius 1 is 1.35 bits per heavy atom. The molecule has 1 aromatic carbocycles. The number of aromatic nitrogens is 1. The van der Waals surface area contributed by atoms with E-state index in [1.807, 2.05) is 18.2 Å². The largest absolute Gasteiger partial charge is 0.454 e. The van der Waals surface area contributed by atoms with Gasteiger partial charge in [-0.1, -0.05) is 6.92 Å². The maximum Gasteiger partial charge on any atom is 0.231 e. The second-order valence-electron chi connectivity index (χ2n) is 5.03. The quantitative estimate of drug-likeness (QED) is 0.908. The molecule has 5 nitrogen and oxygen atoms in total. The molecule has 2 aromatic rings. The van der Waals surface area contributed by atoms with Crippen LogP contribution in [0, 0.1) is 5.92 Å². The van der Waals surface area contributed by atoms with Gasteiger partial charge in [0.1, 0.15) is 5.82 Å². The molecular weight excluding hydrogens is 256 g/mol. The van der Waals surface area contributed by atoms with Crippen molar-refractivity contribution in [3.05, 3.63) is 24.4 Å². The van der Waals surface area contributed by atoms with Gasteiger partial charge in [0, 0.05) is 25.2 Å². The van der Waals surface area contributed by atoms with E-state index in [2.05, 4.69) is 17.2 Å². The maximum atomic E-state index is 5.43.